The molecular formula is C16H24N2O. The molecule has 0 unspecified atom stereocenters. The molecule has 1 heterocycles. The Labute approximate surface area is 115 Å². The average molecular weight is 260 g/mol. The van der Waals surface area contributed by atoms with Crippen LogP contribution in [-0.4, -0.2) is 19.0 Å². The van der Waals surface area contributed by atoms with Gasteiger partial charge in [-0.3, -0.25) is 4.79 Å². The van der Waals surface area contributed by atoms with Crippen molar-refractivity contribution in [3.05, 3.63) is 35.4 Å². The van der Waals surface area contributed by atoms with Gasteiger partial charge in [0, 0.05) is 12.0 Å². The lowest BCUT2D eigenvalue weighted by Gasteiger charge is -2.32. The predicted octanol–water partition coefficient (Wildman–Crippen LogP) is 2.25. The minimum absolute atomic E-state index is 0.194. The van der Waals surface area contributed by atoms with Crippen molar-refractivity contribution in [1.82, 2.24) is 10.6 Å². The highest BCUT2D eigenvalue weighted by Crippen LogP contribution is 2.28. The van der Waals surface area contributed by atoms with E-state index < -0.39 is 0 Å². The smallest absolute Gasteiger partial charge is 0.226 e. The van der Waals surface area contributed by atoms with Gasteiger partial charge >= 0.3 is 0 Å². The number of benzene rings is 1. The molecule has 1 aromatic carbocycles. The molecule has 0 aliphatic carbocycles. The van der Waals surface area contributed by atoms with Crippen LogP contribution in [-0.2, 0) is 17.8 Å². The summed E-state index contributed by atoms with van der Waals surface area (Å²) in [6, 6.07) is 8.32. The summed E-state index contributed by atoms with van der Waals surface area (Å²) < 4.78 is 0. The normalized spacial score (nSPS) is 18.0. The lowest BCUT2D eigenvalue weighted by molar-refractivity contribution is -0.131. The molecule has 1 aliphatic heterocycles. The van der Waals surface area contributed by atoms with Gasteiger partial charge < -0.3 is 10.6 Å². The average Bonchev–Trinajstić information content (AvgIpc) is 2.45. The number of carbonyl (C=O) groups excluding carboxylic acids is 1. The molecule has 1 aliphatic rings. The molecule has 1 amide bonds. The van der Waals surface area contributed by atoms with E-state index in [0.29, 0.717) is 6.54 Å². The molecule has 0 radical (unpaired) electrons. The molecule has 3 nitrogen and oxygen atoms in total. The Kier molecular flexibility index (Phi) is 4.59. The van der Waals surface area contributed by atoms with Crippen LogP contribution in [0.15, 0.2) is 24.3 Å². The number of hydrogen-bond donors (Lipinski definition) is 2. The summed E-state index contributed by atoms with van der Waals surface area (Å²) in [5.74, 6) is 0.194. The second kappa shape index (κ2) is 6.20. The zero-order valence-corrected chi connectivity index (χ0v) is 12.0. The summed E-state index contributed by atoms with van der Waals surface area (Å²) in [6.45, 7) is 6.75. The number of hydrogen-bond acceptors (Lipinski definition) is 2. The molecule has 1 aromatic rings. The van der Waals surface area contributed by atoms with Crippen molar-refractivity contribution in [2.75, 3.05) is 13.1 Å². The summed E-state index contributed by atoms with van der Waals surface area (Å²) in [5, 5.41) is 6.42. The van der Waals surface area contributed by atoms with E-state index in [0.717, 1.165) is 32.4 Å². The van der Waals surface area contributed by atoms with Crippen molar-refractivity contribution >= 4 is 5.91 Å². The van der Waals surface area contributed by atoms with E-state index in [1.165, 1.54) is 11.1 Å². The summed E-state index contributed by atoms with van der Waals surface area (Å²) in [7, 11) is 0. The van der Waals surface area contributed by atoms with E-state index in [4.69, 9.17) is 0 Å². The molecule has 104 valence electrons. The van der Waals surface area contributed by atoms with E-state index in [1.807, 2.05) is 6.07 Å². The summed E-state index contributed by atoms with van der Waals surface area (Å²) in [6.07, 6.45) is 2.86. The van der Waals surface area contributed by atoms with Crippen LogP contribution in [0.3, 0.4) is 0 Å². The highest BCUT2D eigenvalue weighted by atomic mass is 16.2. The first-order valence-corrected chi connectivity index (χ1v) is 7.21. The van der Waals surface area contributed by atoms with Gasteiger partial charge in [-0.2, -0.15) is 0 Å². The zero-order chi connectivity index (χ0) is 13.7. The molecule has 0 bridgehead atoms. The molecule has 1 saturated heterocycles. The Morgan fingerprint density at radius 3 is 2.53 bits per heavy atom. The van der Waals surface area contributed by atoms with E-state index in [-0.39, 0.29) is 11.3 Å². The fraction of sp³-hybridized carbons (Fsp3) is 0.562. The van der Waals surface area contributed by atoms with Crippen LogP contribution in [0, 0.1) is 5.41 Å². The first-order valence-electron chi connectivity index (χ1n) is 7.21. The van der Waals surface area contributed by atoms with Crippen LogP contribution >= 0.6 is 0 Å². The Hall–Kier alpha value is -1.35. The monoisotopic (exact) mass is 260 g/mol. The van der Waals surface area contributed by atoms with Crippen molar-refractivity contribution < 1.29 is 4.79 Å². The van der Waals surface area contributed by atoms with Crippen LogP contribution in [0.4, 0.5) is 0 Å². The number of nitrogens with one attached hydrogen (secondary N) is 2. The molecule has 0 saturated carbocycles. The quantitative estimate of drug-likeness (QED) is 0.872. The van der Waals surface area contributed by atoms with Gasteiger partial charge in [-0.25, -0.2) is 0 Å². The topological polar surface area (TPSA) is 41.1 Å². The number of aryl methyl sites for hydroxylation is 1. The fourth-order valence-corrected chi connectivity index (χ4v) is 2.67. The first-order chi connectivity index (χ1) is 9.15. The lowest BCUT2D eigenvalue weighted by atomic mass is 9.80. The van der Waals surface area contributed by atoms with Crippen molar-refractivity contribution in [1.29, 1.82) is 0 Å². The molecule has 0 spiro atoms. The third-order valence-electron chi connectivity index (χ3n) is 4.19. The van der Waals surface area contributed by atoms with Crippen LogP contribution in [0.2, 0.25) is 0 Å². The van der Waals surface area contributed by atoms with Crippen LogP contribution in [0.25, 0.3) is 0 Å². The van der Waals surface area contributed by atoms with Crippen LogP contribution in [0.5, 0.6) is 0 Å². The van der Waals surface area contributed by atoms with Gasteiger partial charge in [0.05, 0.1) is 0 Å². The second-order valence-electron chi connectivity index (χ2n) is 5.62. The molecule has 3 heteroatoms. The van der Waals surface area contributed by atoms with Crippen molar-refractivity contribution in [2.24, 2.45) is 5.41 Å². The summed E-state index contributed by atoms with van der Waals surface area (Å²) in [5.41, 5.74) is 2.35. The van der Waals surface area contributed by atoms with Crippen molar-refractivity contribution in [2.45, 2.75) is 39.7 Å². The van der Waals surface area contributed by atoms with E-state index in [9.17, 15) is 4.79 Å². The molecule has 0 aromatic heterocycles. The number of amides is 1. The Morgan fingerprint density at radius 2 is 1.89 bits per heavy atom. The lowest BCUT2D eigenvalue weighted by Crippen LogP contribution is -2.45. The van der Waals surface area contributed by atoms with Crippen LogP contribution in [0.1, 0.15) is 37.8 Å². The Morgan fingerprint density at radius 1 is 1.26 bits per heavy atom. The molecule has 19 heavy (non-hydrogen) atoms. The number of piperidine rings is 1. The largest absolute Gasteiger partial charge is 0.352 e. The maximum atomic E-state index is 12.4. The van der Waals surface area contributed by atoms with Gasteiger partial charge in [0.25, 0.3) is 0 Å². The SMILES string of the molecule is CCc1ccccc1CNC(=O)C1(C)CCNCC1. The van der Waals surface area contributed by atoms with Crippen molar-refractivity contribution in [3.63, 3.8) is 0 Å². The maximum Gasteiger partial charge on any atom is 0.226 e. The van der Waals surface area contributed by atoms with Gasteiger partial charge in [-0.15, -0.1) is 0 Å². The third kappa shape index (κ3) is 3.35. The highest BCUT2D eigenvalue weighted by molar-refractivity contribution is 5.82. The standard InChI is InChI=1S/C16H24N2O/c1-3-13-6-4-5-7-14(13)12-18-15(19)16(2)8-10-17-11-9-16/h4-7,17H,3,8-12H2,1-2H3,(H,18,19). The maximum absolute atomic E-state index is 12.4. The third-order valence-corrected chi connectivity index (χ3v) is 4.19. The number of carbonyl (C=O) groups is 1. The summed E-state index contributed by atoms with van der Waals surface area (Å²) >= 11 is 0. The Bertz CT molecular complexity index is 436. The van der Waals surface area contributed by atoms with E-state index in [1.54, 1.807) is 0 Å². The van der Waals surface area contributed by atoms with Gasteiger partial charge in [-0.05, 0) is 43.5 Å². The highest BCUT2D eigenvalue weighted by Gasteiger charge is 2.34. The van der Waals surface area contributed by atoms with Gasteiger partial charge in [-0.1, -0.05) is 38.1 Å². The van der Waals surface area contributed by atoms with E-state index >= 15 is 0 Å². The fourth-order valence-electron chi connectivity index (χ4n) is 2.67. The zero-order valence-electron chi connectivity index (χ0n) is 12.0. The van der Waals surface area contributed by atoms with Gasteiger partial charge in [0.15, 0.2) is 0 Å². The Balaban J connectivity index is 1.96. The molecule has 2 rings (SSSR count). The van der Waals surface area contributed by atoms with Crippen LogP contribution < -0.4 is 10.6 Å². The minimum Gasteiger partial charge on any atom is -0.352 e. The van der Waals surface area contributed by atoms with Gasteiger partial charge in [0.1, 0.15) is 0 Å². The molecular weight excluding hydrogens is 236 g/mol. The molecule has 2 N–H and O–H groups in total. The minimum atomic E-state index is -0.202. The second-order valence-corrected chi connectivity index (χ2v) is 5.62. The molecule has 1 fully saturated rings. The number of rotatable bonds is 4. The first kappa shape index (κ1) is 14.1. The van der Waals surface area contributed by atoms with Gasteiger partial charge in [0.2, 0.25) is 5.91 Å². The van der Waals surface area contributed by atoms with Crippen molar-refractivity contribution in [3.8, 4) is 0 Å². The molecule has 0 atom stereocenters. The van der Waals surface area contributed by atoms with E-state index in [2.05, 4.69) is 42.7 Å². The predicted molar refractivity (Wildman–Crippen MR) is 77.9 cm³/mol. The summed E-state index contributed by atoms with van der Waals surface area (Å²) in [4.78, 5) is 12.4.